The number of carboxylic acid groups (broad SMARTS) is 1. The Bertz CT molecular complexity index is 455. The van der Waals surface area contributed by atoms with E-state index in [-0.39, 0.29) is 5.41 Å². The number of thiophene rings is 1. The Kier molecular flexibility index (Phi) is 4.86. The molecule has 1 unspecified atom stereocenters. The smallest absolute Gasteiger partial charge is 0.326 e. The molecule has 2 N–H and O–H groups in total. The van der Waals surface area contributed by atoms with Crippen LogP contribution in [-0.4, -0.2) is 17.1 Å². The molecule has 1 heterocycles. The number of hydrogen-bond acceptors (Lipinski definition) is 3. The second-order valence-corrected chi connectivity index (χ2v) is 7.84. The number of aliphatic carboxylic acids is 1. The lowest BCUT2D eigenvalue weighted by Crippen LogP contribution is -2.37. The first-order chi connectivity index (χ1) is 9.38. The fraction of sp³-hybridized carbons (Fsp3) is 0.688. The highest BCUT2D eigenvalue weighted by molar-refractivity contribution is 7.12. The minimum absolute atomic E-state index is 0.0802. The summed E-state index contributed by atoms with van der Waals surface area (Å²) in [5.41, 5.74) is 0.0802. The molecule has 1 atom stereocenters. The van der Waals surface area contributed by atoms with E-state index < -0.39 is 12.0 Å². The molecule has 4 heteroatoms. The maximum atomic E-state index is 11.6. The van der Waals surface area contributed by atoms with Crippen LogP contribution in [0.25, 0.3) is 0 Å². The summed E-state index contributed by atoms with van der Waals surface area (Å²) in [6.45, 7) is 6.48. The molecule has 0 aromatic carbocycles. The van der Waals surface area contributed by atoms with Crippen LogP contribution in [-0.2, 0) is 10.2 Å². The lowest BCUT2D eigenvalue weighted by atomic mass is 9.94. The Balaban J connectivity index is 2.11. The fourth-order valence-electron chi connectivity index (χ4n) is 2.69. The van der Waals surface area contributed by atoms with E-state index >= 15 is 0 Å². The molecule has 112 valence electrons. The van der Waals surface area contributed by atoms with Crippen LogP contribution >= 0.6 is 11.3 Å². The van der Waals surface area contributed by atoms with E-state index in [1.165, 1.54) is 24.1 Å². The second kappa shape index (κ2) is 6.27. The first-order valence-electron chi connectivity index (χ1n) is 7.47. The van der Waals surface area contributed by atoms with Crippen molar-refractivity contribution in [2.24, 2.45) is 0 Å². The maximum absolute atomic E-state index is 11.6. The SMILES string of the molecule is CC(C)(C)c1ccc(C(NC2CCCCC2)C(=O)O)s1. The third-order valence-electron chi connectivity index (χ3n) is 3.90. The zero-order valence-electron chi connectivity index (χ0n) is 12.6. The van der Waals surface area contributed by atoms with Gasteiger partial charge in [-0.15, -0.1) is 11.3 Å². The monoisotopic (exact) mass is 295 g/mol. The standard InChI is InChI=1S/C16H25NO2S/c1-16(2,3)13-10-9-12(20-13)14(15(18)19)17-11-7-5-4-6-8-11/h9-11,14,17H,4-8H2,1-3H3,(H,18,19). The first-order valence-corrected chi connectivity index (χ1v) is 8.28. The van der Waals surface area contributed by atoms with Crippen molar-refractivity contribution in [1.29, 1.82) is 0 Å². The van der Waals surface area contributed by atoms with Crippen molar-refractivity contribution in [2.75, 3.05) is 0 Å². The quantitative estimate of drug-likeness (QED) is 0.879. The van der Waals surface area contributed by atoms with Crippen LogP contribution in [0, 0.1) is 0 Å². The van der Waals surface area contributed by atoms with E-state index in [0.717, 1.165) is 17.7 Å². The molecule has 1 aromatic heterocycles. The van der Waals surface area contributed by atoms with Crippen LogP contribution in [0.1, 0.15) is 68.7 Å². The van der Waals surface area contributed by atoms with Gasteiger partial charge in [0.1, 0.15) is 6.04 Å². The average Bonchev–Trinajstić information content (AvgIpc) is 2.86. The number of rotatable bonds is 4. The van der Waals surface area contributed by atoms with E-state index in [2.05, 4.69) is 32.2 Å². The van der Waals surface area contributed by atoms with Gasteiger partial charge in [-0.25, -0.2) is 0 Å². The van der Waals surface area contributed by atoms with Gasteiger partial charge >= 0.3 is 5.97 Å². The lowest BCUT2D eigenvalue weighted by molar-refractivity contribution is -0.139. The maximum Gasteiger partial charge on any atom is 0.326 e. The summed E-state index contributed by atoms with van der Waals surface area (Å²) in [5, 5.41) is 12.9. The van der Waals surface area contributed by atoms with E-state index in [1.54, 1.807) is 11.3 Å². The molecule has 0 radical (unpaired) electrons. The van der Waals surface area contributed by atoms with Gasteiger partial charge in [0, 0.05) is 15.8 Å². The summed E-state index contributed by atoms with van der Waals surface area (Å²) in [7, 11) is 0. The molecule has 2 rings (SSSR count). The fourth-order valence-corrected chi connectivity index (χ4v) is 3.81. The van der Waals surface area contributed by atoms with Gasteiger partial charge in [-0.3, -0.25) is 10.1 Å². The first kappa shape index (κ1) is 15.5. The van der Waals surface area contributed by atoms with E-state index in [1.807, 2.05) is 6.07 Å². The highest BCUT2D eigenvalue weighted by Gasteiger charge is 2.27. The Morgan fingerprint density at radius 1 is 1.30 bits per heavy atom. The second-order valence-electron chi connectivity index (χ2n) is 6.72. The van der Waals surface area contributed by atoms with Crippen molar-refractivity contribution in [3.05, 3.63) is 21.9 Å². The van der Waals surface area contributed by atoms with Crippen molar-refractivity contribution >= 4 is 17.3 Å². The van der Waals surface area contributed by atoms with Gasteiger partial charge in [-0.1, -0.05) is 40.0 Å². The number of hydrogen-bond donors (Lipinski definition) is 2. The Labute approximate surface area is 125 Å². The van der Waals surface area contributed by atoms with Gasteiger partial charge in [-0.2, -0.15) is 0 Å². The van der Waals surface area contributed by atoms with Crippen LogP contribution in [0.5, 0.6) is 0 Å². The molecule has 0 amide bonds. The molecule has 1 aliphatic carbocycles. The predicted molar refractivity (Wildman–Crippen MR) is 83.4 cm³/mol. The van der Waals surface area contributed by atoms with Gasteiger partial charge in [0.15, 0.2) is 0 Å². The molecular weight excluding hydrogens is 270 g/mol. The molecule has 1 aromatic rings. The third kappa shape index (κ3) is 3.83. The number of carboxylic acids is 1. The zero-order chi connectivity index (χ0) is 14.8. The zero-order valence-corrected chi connectivity index (χ0v) is 13.4. The largest absolute Gasteiger partial charge is 0.480 e. The Morgan fingerprint density at radius 3 is 2.45 bits per heavy atom. The molecule has 1 fully saturated rings. The van der Waals surface area contributed by atoms with Crippen molar-refractivity contribution in [3.63, 3.8) is 0 Å². The van der Waals surface area contributed by atoms with Crippen LogP contribution in [0.2, 0.25) is 0 Å². The van der Waals surface area contributed by atoms with E-state index in [4.69, 9.17) is 0 Å². The van der Waals surface area contributed by atoms with Gasteiger partial charge < -0.3 is 5.11 Å². The Hall–Kier alpha value is -0.870. The van der Waals surface area contributed by atoms with Gasteiger partial charge in [0.25, 0.3) is 0 Å². The topological polar surface area (TPSA) is 49.3 Å². The van der Waals surface area contributed by atoms with Crippen molar-refractivity contribution in [2.45, 2.75) is 70.4 Å². The summed E-state index contributed by atoms with van der Waals surface area (Å²) >= 11 is 1.62. The molecule has 0 bridgehead atoms. The van der Waals surface area contributed by atoms with Gasteiger partial charge in [-0.05, 0) is 30.4 Å². The lowest BCUT2D eigenvalue weighted by Gasteiger charge is -2.26. The Morgan fingerprint density at radius 2 is 1.95 bits per heavy atom. The third-order valence-corrected chi connectivity index (χ3v) is 5.48. The number of carbonyl (C=O) groups is 1. The van der Waals surface area contributed by atoms with Gasteiger partial charge in [0.05, 0.1) is 0 Å². The minimum Gasteiger partial charge on any atom is -0.480 e. The molecule has 0 saturated heterocycles. The molecular formula is C16H25NO2S. The molecule has 0 aliphatic heterocycles. The van der Waals surface area contributed by atoms with Crippen LogP contribution in [0.4, 0.5) is 0 Å². The van der Waals surface area contributed by atoms with Crippen molar-refractivity contribution < 1.29 is 9.90 Å². The number of nitrogens with one attached hydrogen (secondary N) is 1. The van der Waals surface area contributed by atoms with Gasteiger partial charge in [0.2, 0.25) is 0 Å². The highest BCUT2D eigenvalue weighted by Crippen LogP contribution is 2.33. The van der Waals surface area contributed by atoms with Crippen LogP contribution in [0.15, 0.2) is 12.1 Å². The summed E-state index contributed by atoms with van der Waals surface area (Å²) in [4.78, 5) is 13.7. The van der Waals surface area contributed by atoms with E-state index in [9.17, 15) is 9.90 Å². The van der Waals surface area contributed by atoms with Crippen molar-refractivity contribution in [3.8, 4) is 0 Å². The minimum atomic E-state index is -0.766. The molecule has 1 saturated carbocycles. The summed E-state index contributed by atoms with van der Waals surface area (Å²) in [6, 6.07) is 3.84. The average molecular weight is 295 g/mol. The molecule has 1 aliphatic rings. The summed E-state index contributed by atoms with van der Waals surface area (Å²) < 4.78 is 0. The van der Waals surface area contributed by atoms with Crippen molar-refractivity contribution in [1.82, 2.24) is 5.32 Å². The normalized spacial score (nSPS) is 18.9. The molecule has 20 heavy (non-hydrogen) atoms. The van der Waals surface area contributed by atoms with E-state index in [0.29, 0.717) is 6.04 Å². The van der Waals surface area contributed by atoms with Crippen LogP contribution in [0.3, 0.4) is 0 Å². The summed E-state index contributed by atoms with van der Waals surface area (Å²) in [6.07, 6.45) is 5.90. The molecule has 0 spiro atoms. The predicted octanol–water partition coefficient (Wildman–Crippen LogP) is 4.09. The van der Waals surface area contributed by atoms with Crippen LogP contribution < -0.4 is 5.32 Å². The highest BCUT2D eigenvalue weighted by atomic mass is 32.1. The summed E-state index contributed by atoms with van der Waals surface area (Å²) in [5.74, 6) is -0.766. The molecule has 3 nitrogen and oxygen atoms in total.